The lowest BCUT2D eigenvalue weighted by molar-refractivity contribution is 0.0935. The summed E-state index contributed by atoms with van der Waals surface area (Å²) in [5.74, 6) is 0.639. The fourth-order valence-electron chi connectivity index (χ4n) is 2.48. The van der Waals surface area contributed by atoms with Gasteiger partial charge in [-0.1, -0.05) is 23.7 Å². The molecule has 2 N–H and O–H groups in total. The van der Waals surface area contributed by atoms with E-state index in [9.17, 15) is 4.79 Å². The van der Waals surface area contributed by atoms with Gasteiger partial charge in [0.25, 0.3) is 5.91 Å². The average molecular weight is 329 g/mol. The summed E-state index contributed by atoms with van der Waals surface area (Å²) in [4.78, 5) is 15.5. The number of nitrogens with one attached hydrogen (secondary N) is 2. The summed E-state index contributed by atoms with van der Waals surface area (Å²) in [7, 11) is 1.63. The number of aromatic amines is 1. The van der Waals surface area contributed by atoms with Crippen LogP contribution in [0.25, 0.3) is 10.9 Å². The van der Waals surface area contributed by atoms with E-state index < -0.39 is 0 Å². The lowest BCUT2D eigenvalue weighted by Crippen LogP contribution is -2.26. The predicted molar refractivity (Wildman–Crippen MR) is 92.2 cm³/mol. The number of carbonyl (C=O) groups is 1. The number of halogens is 1. The second-order valence-corrected chi connectivity index (χ2v) is 5.82. The molecule has 118 valence electrons. The summed E-state index contributed by atoms with van der Waals surface area (Å²) in [5, 5.41) is 4.55. The third-order valence-electron chi connectivity index (χ3n) is 3.79. The molecule has 5 heteroatoms. The standard InChI is InChI=1S/C18H17ClN2O2/c1-11(12-3-6-15(23-2)7-4-12)20-18(22)17-10-13-9-14(19)5-8-16(13)21-17/h3-11,21H,1-2H3,(H,20,22)/t11-/m0/s1. The zero-order chi connectivity index (χ0) is 16.4. The van der Waals surface area contributed by atoms with Gasteiger partial charge in [0.2, 0.25) is 0 Å². The molecule has 3 aromatic rings. The van der Waals surface area contributed by atoms with E-state index in [0.29, 0.717) is 10.7 Å². The molecule has 2 aromatic carbocycles. The van der Waals surface area contributed by atoms with Gasteiger partial charge >= 0.3 is 0 Å². The van der Waals surface area contributed by atoms with Gasteiger partial charge in [-0.15, -0.1) is 0 Å². The van der Waals surface area contributed by atoms with Crippen molar-refractivity contribution in [2.45, 2.75) is 13.0 Å². The Balaban J connectivity index is 1.76. The van der Waals surface area contributed by atoms with Gasteiger partial charge in [0.05, 0.1) is 13.2 Å². The fraction of sp³-hybridized carbons (Fsp3) is 0.167. The van der Waals surface area contributed by atoms with Gasteiger partial charge in [0, 0.05) is 15.9 Å². The summed E-state index contributed by atoms with van der Waals surface area (Å²) >= 11 is 5.97. The second-order valence-electron chi connectivity index (χ2n) is 5.38. The number of aromatic nitrogens is 1. The molecule has 0 unspecified atom stereocenters. The van der Waals surface area contributed by atoms with Crippen LogP contribution < -0.4 is 10.1 Å². The Kier molecular flexibility index (Phi) is 4.26. The first-order valence-corrected chi connectivity index (χ1v) is 7.67. The Morgan fingerprint density at radius 1 is 1.17 bits per heavy atom. The minimum absolute atomic E-state index is 0.108. The van der Waals surface area contributed by atoms with Crippen molar-refractivity contribution in [1.29, 1.82) is 0 Å². The monoisotopic (exact) mass is 328 g/mol. The molecule has 1 atom stereocenters. The van der Waals surface area contributed by atoms with Gasteiger partial charge in [-0.3, -0.25) is 4.79 Å². The van der Waals surface area contributed by atoms with Crippen LogP contribution in [0.2, 0.25) is 5.02 Å². The summed E-state index contributed by atoms with van der Waals surface area (Å²) in [6.45, 7) is 1.94. The number of methoxy groups -OCH3 is 1. The highest BCUT2D eigenvalue weighted by Gasteiger charge is 2.14. The molecule has 0 aliphatic carbocycles. The number of amides is 1. The van der Waals surface area contributed by atoms with Crippen LogP contribution in [0.1, 0.15) is 29.0 Å². The summed E-state index contributed by atoms with van der Waals surface area (Å²) in [6.07, 6.45) is 0. The molecule has 1 amide bonds. The van der Waals surface area contributed by atoms with Crippen molar-refractivity contribution in [1.82, 2.24) is 10.3 Å². The van der Waals surface area contributed by atoms with Gasteiger partial charge in [-0.25, -0.2) is 0 Å². The lowest BCUT2D eigenvalue weighted by atomic mass is 10.1. The number of hydrogen-bond acceptors (Lipinski definition) is 2. The molecule has 0 saturated carbocycles. The van der Waals surface area contributed by atoms with Crippen molar-refractivity contribution in [3.63, 3.8) is 0 Å². The van der Waals surface area contributed by atoms with Gasteiger partial charge in [0.1, 0.15) is 11.4 Å². The topological polar surface area (TPSA) is 54.1 Å². The summed E-state index contributed by atoms with van der Waals surface area (Å²) in [6, 6.07) is 14.8. The van der Waals surface area contributed by atoms with Crippen LogP contribution in [0.5, 0.6) is 5.75 Å². The Morgan fingerprint density at radius 2 is 1.91 bits per heavy atom. The normalized spacial score (nSPS) is 12.1. The largest absolute Gasteiger partial charge is 0.497 e. The maximum Gasteiger partial charge on any atom is 0.268 e. The summed E-state index contributed by atoms with van der Waals surface area (Å²) < 4.78 is 5.14. The molecule has 4 nitrogen and oxygen atoms in total. The summed E-state index contributed by atoms with van der Waals surface area (Å²) in [5.41, 5.74) is 2.41. The molecular formula is C18H17ClN2O2. The predicted octanol–water partition coefficient (Wildman–Crippen LogP) is 4.32. The molecule has 1 heterocycles. The first-order chi connectivity index (χ1) is 11.1. The molecule has 1 aromatic heterocycles. The van der Waals surface area contributed by atoms with Gasteiger partial charge in [-0.05, 0) is 48.9 Å². The third-order valence-corrected chi connectivity index (χ3v) is 4.03. The van der Waals surface area contributed by atoms with Crippen LogP contribution >= 0.6 is 11.6 Å². The number of hydrogen-bond donors (Lipinski definition) is 2. The SMILES string of the molecule is COc1ccc([C@H](C)NC(=O)c2cc3cc(Cl)ccc3[nH]2)cc1. The van der Waals surface area contributed by atoms with Crippen LogP contribution in [0.4, 0.5) is 0 Å². The van der Waals surface area contributed by atoms with E-state index in [1.54, 1.807) is 19.2 Å². The zero-order valence-corrected chi connectivity index (χ0v) is 13.6. The first kappa shape index (κ1) is 15.4. The molecule has 0 radical (unpaired) electrons. The minimum Gasteiger partial charge on any atom is -0.497 e. The van der Waals surface area contributed by atoms with E-state index in [0.717, 1.165) is 22.2 Å². The van der Waals surface area contributed by atoms with Crippen molar-refractivity contribution in [3.8, 4) is 5.75 Å². The zero-order valence-electron chi connectivity index (χ0n) is 12.9. The highest BCUT2D eigenvalue weighted by Crippen LogP contribution is 2.21. The minimum atomic E-state index is -0.152. The highest BCUT2D eigenvalue weighted by molar-refractivity contribution is 6.31. The van der Waals surface area contributed by atoms with E-state index in [-0.39, 0.29) is 11.9 Å². The van der Waals surface area contributed by atoms with E-state index in [2.05, 4.69) is 10.3 Å². The Morgan fingerprint density at radius 3 is 2.61 bits per heavy atom. The highest BCUT2D eigenvalue weighted by atomic mass is 35.5. The first-order valence-electron chi connectivity index (χ1n) is 7.30. The Labute approximate surface area is 139 Å². The molecular weight excluding hydrogens is 312 g/mol. The molecule has 0 aliphatic rings. The van der Waals surface area contributed by atoms with E-state index in [4.69, 9.17) is 16.3 Å². The van der Waals surface area contributed by atoms with Crippen molar-refractivity contribution >= 4 is 28.4 Å². The van der Waals surface area contributed by atoms with Crippen LogP contribution in [-0.2, 0) is 0 Å². The quantitative estimate of drug-likeness (QED) is 0.749. The van der Waals surface area contributed by atoms with Gasteiger partial charge in [-0.2, -0.15) is 0 Å². The number of carbonyl (C=O) groups excluding carboxylic acids is 1. The average Bonchev–Trinajstić information content (AvgIpc) is 2.98. The number of rotatable bonds is 4. The van der Waals surface area contributed by atoms with Crippen molar-refractivity contribution in [2.24, 2.45) is 0 Å². The molecule has 0 spiro atoms. The smallest absolute Gasteiger partial charge is 0.268 e. The van der Waals surface area contributed by atoms with Crippen molar-refractivity contribution in [2.75, 3.05) is 7.11 Å². The molecule has 0 saturated heterocycles. The maximum atomic E-state index is 12.4. The lowest BCUT2D eigenvalue weighted by Gasteiger charge is -2.14. The Bertz CT molecular complexity index is 840. The van der Waals surface area contributed by atoms with E-state index in [1.807, 2.05) is 43.3 Å². The van der Waals surface area contributed by atoms with E-state index in [1.165, 1.54) is 0 Å². The molecule has 3 rings (SSSR count). The number of H-pyrrole nitrogens is 1. The number of fused-ring (bicyclic) bond motifs is 1. The number of ether oxygens (including phenoxy) is 1. The van der Waals surface area contributed by atoms with Crippen LogP contribution in [0, 0.1) is 0 Å². The van der Waals surface area contributed by atoms with Crippen LogP contribution in [0.3, 0.4) is 0 Å². The van der Waals surface area contributed by atoms with Crippen molar-refractivity contribution < 1.29 is 9.53 Å². The number of benzene rings is 2. The van der Waals surface area contributed by atoms with Gasteiger partial charge < -0.3 is 15.0 Å². The van der Waals surface area contributed by atoms with Crippen LogP contribution in [0.15, 0.2) is 48.5 Å². The van der Waals surface area contributed by atoms with Crippen LogP contribution in [-0.4, -0.2) is 18.0 Å². The molecule has 0 aliphatic heterocycles. The molecule has 0 bridgehead atoms. The van der Waals surface area contributed by atoms with Crippen molar-refractivity contribution in [3.05, 3.63) is 64.8 Å². The second kappa shape index (κ2) is 6.34. The maximum absolute atomic E-state index is 12.4. The fourth-order valence-corrected chi connectivity index (χ4v) is 2.66. The Hall–Kier alpha value is -2.46. The van der Waals surface area contributed by atoms with E-state index >= 15 is 0 Å². The van der Waals surface area contributed by atoms with Gasteiger partial charge in [0.15, 0.2) is 0 Å². The third kappa shape index (κ3) is 3.32. The molecule has 0 fully saturated rings. The molecule has 23 heavy (non-hydrogen) atoms.